The van der Waals surface area contributed by atoms with Gasteiger partial charge in [0, 0.05) is 0 Å². The van der Waals surface area contributed by atoms with Crippen LogP contribution in [0.2, 0.25) is 0 Å². The van der Waals surface area contributed by atoms with Crippen LogP contribution in [0.3, 0.4) is 0 Å². The number of hydrogen-bond acceptors (Lipinski definition) is 5. The molecule has 0 fully saturated rings. The van der Waals surface area contributed by atoms with Crippen molar-refractivity contribution in [3.8, 4) is 0 Å². The molecule has 0 aliphatic rings. The van der Waals surface area contributed by atoms with Crippen LogP contribution in [0.1, 0.15) is 17.3 Å². The number of imidazole rings is 1. The van der Waals surface area contributed by atoms with Crippen molar-refractivity contribution in [2.24, 2.45) is 7.05 Å². The van der Waals surface area contributed by atoms with Crippen molar-refractivity contribution in [1.82, 2.24) is 15.0 Å². The molecule has 0 aliphatic heterocycles. The molecule has 3 N–H and O–H groups in total. The van der Waals surface area contributed by atoms with E-state index >= 15 is 4.39 Å². The summed E-state index contributed by atoms with van der Waals surface area (Å²) in [6.07, 6.45) is 4.80. The zero-order valence-corrected chi connectivity index (χ0v) is 19.4. The van der Waals surface area contributed by atoms with E-state index in [1.54, 1.807) is 23.8 Å². The molecule has 30 heavy (non-hydrogen) atoms. The van der Waals surface area contributed by atoms with Crippen molar-refractivity contribution in [3.05, 3.63) is 45.4 Å². The zero-order valence-electron chi connectivity index (χ0n) is 17.0. The van der Waals surface area contributed by atoms with Gasteiger partial charge in [-0.05, 0) is 0 Å². The summed E-state index contributed by atoms with van der Waals surface area (Å²) in [4.78, 5) is 21.8. The Morgan fingerprint density at radius 1 is 1.57 bits per heavy atom. The number of aromatic nitrogens is 2. The first kappa shape index (κ1) is 24.4. The van der Waals surface area contributed by atoms with E-state index in [9.17, 15) is 9.90 Å². The van der Waals surface area contributed by atoms with Gasteiger partial charge in [0.25, 0.3) is 0 Å². The number of fused-ring (bicyclic) bond motifs is 1. The predicted octanol–water partition coefficient (Wildman–Crippen LogP) is 0.150. The first-order valence-corrected chi connectivity index (χ1v) is 10.0. The number of nitrogens with zero attached hydrogens (tertiary/aromatic N) is 2. The van der Waals surface area contributed by atoms with Crippen LogP contribution in [0.15, 0.2) is 34.1 Å². The topological polar surface area (TPSA) is 88.4 Å². The fourth-order valence-corrected chi connectivity index (χ4v) is 2.89. The summed E-state index contributed by atoms with van der Waals surface area (Å²) >= 11 is 9.53. The fraction of sp³-hybridized carbons (Fsp3) is 0.235. The van der Waals surface area contributed by atoms with Crippen LogP contribution < -0.4 is 10.8 Å². The van der Waals surface area contributed by atoms with Gasteiger partial charge >= 0.3 is 190 Å². The number of carbonyl (C=O) groups is 1. The Bertz CT molecular complexity index is 1050. The van der Waals surface area contributed by atoms with Gasteiger partial charge in [0.15, 0.2) is 0 Å². The third-order valence-electron chi connectivity index (χ3n) is 3.90. The SMILES string of the molecule is B=C(Nc1c(C(=O)NOCC(B)(B)O)cc2c(ncn2C)c1F)/C(Cl)=C\C(Br)=C/C. The third-order valence-corrected chi connectivity index (χ3v) is 4.92. The van der Waals surface area contributed by atoms with Gasteiger partial charge in [0.2, 0.25) is 0 Å². The Labute approximate surface area is 189 Å². The first-order valence-electron chi connectivity index (χ1n) is 8.88. The molecule has 1 aromatic heterocycles. The Morgan fingerprint density at radius 3 is 2.83 bits per heavy atom. The van der Waals surface area contributed by atoms with E-state index in [0.29, 0.717) is 10.00 Å². The molecule has 0 bridgehead atoms. The minimum atomic E-state index is -1.15. The van der Waals surface area contributed by atoms with E-state index in [1.165, 1.54) is 28.1 Å². The Balaban J connectivity index is 2.44. The van der Waals surface area contributed by atoms with Crippen molar-refractivity contribution >= 4 is 78.9 Å². The molecule has 2 rings (SSSR count). The molecule has 0 unspecified atom stereocenters. The number of aryl methyl sites for hydroxylation is 1. The number of allylic oxidation sites excluding steroid dienone is 3. The molecule has 2 aromatic rings. The molecular weight excluding hydrogens is 475 g/mol. The number of amides is 1. The number of aliphatic hydroxyl groups is 1. The molecular formula is C17H20B3BrClFN4O3. The second-order valence-corrected chi connectivity index (χ2v) is 8.46. The molecule has 7 nitrogen and oxygen atoms in total. The summed E-state index contributed by atoms with van der Waals surface area (Å²) in [5.41, 5.74) is 2.68. The number of hydroxylamine groups is 1. The first-order chi connectivity index (χ1) is 13.9. The number of nitrogens with one attached hydrogen (secondary N) is 2. The number of hydrogen-bond donors (Lipinski definition) is 3. The molecule has 0 radical (unpaired) electrons. The van der Waals surface area contributed by atoms with Crippen LogP contribution in [0, 0.1) is 5.82 Å². The second kappa shape index (κ2) is 9.95. The Morgan fingerprint density at radius 2 is 2.23 bits per heavy atom. The molecule has 156 valence electrons. The Hall–Kier alpha value is -1.88. The summed E-state index contributed by atoms with van der Waals surface area (Å²) in [6.45, 7) is 1.66. The summed E-state index contributed by atoms with van der Waals surface area (Å²) in [5.74, 6) is -1.46. The van der Waals surface area contributed by atoms with E-state index in [4.69, 9.17) is 16.4 Å². The summed E-state index contributed by atoms with van der Waals surface area (Å²) in [7, 11) is 8.54. The molecule has 0 saturated heterocycles. The summed E-state index contributed by atoms with van der Waals surface area (Å²) in [6, 6.07) is 1.48. The quantitative estimate of drug-likeness (QED) is 0.276. The molecule has 13 heteroatoms. The van der Waals surface area contributed by atoms with Crippen LogP contribution >= 0.6 is 27.5 Å². The average Bonchev–Trinajstić information content (AvgIpc) is 3.03. The number of benzene rings is 1. The van der Waals surface area contributed by atoms with Crippen molar-refractivity contribution < 1.29 is 19.1 Å². The van der Waals surface area contributed by atoms with Gasteiger partial charge in [-0.25, -0.2) is 0 Å². The van der Waals surface area contributed by atoms with Crippen LogP contribution in [0.25, 0.3) is 11.0 Å². The molecule has 0 saturated carbocycles. The number of anilines is 1. The Kier molecular flexibility index (Phi) is 8.09. The number of carbonyl (C=O) groups excluding carboxylic acids is 1. The van der Waals surface area contributed by atoms with Crippen LogP contribution in [0.4, 0.5) is 10.1 Å². The number of halogens is 3. The van der Waals surface area contributed by atoms with E-state index in [0.717, 1.165) is 0 Å². The summed E-state index contributed by atoms with van der Waals surface area (Å²) in [5, 5.41) is 11.5. The molecule has 0 aliphatic carbocycles. The van der Waals surface area contributed by atoms with Gasteiger partial charge in [0.05, 0.1) is 0 Å². The van der Waals surface area contributed by atoms with Crippen molar-refractivity contribution in [2.45, 2.75) is 12.3 Å². The standard InChI is InChI=1S/C17H20B3BrClFN4O3/c1-3-8(21)4-10(22)15(18)25-13-9(16(28)26-30-6-17(19,20)29)5-11-14(12(13)23)24-7-27(11)2/h3-5,7,18,25,29H,6,19-20H2,1-2H3,(H,26,28)/b8-3+,10-4+. The van der Waals surface area contributed by atoms with E-state index in [-0.39, 0.29) is 34.0 Å². The van der Waals surface area contributed by atoms with Gasteiger partial charge in [-0.15, -0.1) is 0 Å². The van der Waals surface area contributed by atoms with Gasteiger partial charge in [0.1, 0.15) is 0 Å². The van der Waals surface area contributed by atoms with Crippen molar-refractivity contribution in [1.29, 1.82) is 0 Å². The maximum absolute atomic E-state index is 15.2. The van der Waals surface area contributed by atoms with E-state index in [2.05, 4.69) is 39.2 Å². The molecule has 1 amide bonds. The third kappa shape index (κ3) is 6.07. The van der Waals surface area contributed by atoms with Gasteiger partial charge in [-0.1, -0.05) is 0 Å². The zero-order chi connectivity index (χ0) is 22.6. The molecule has 1 heterocycles. The predicted molar refractivity (Wildman–Crippen MR) is 129 cm³/mol. The average molecular weight is 495 g/mol. The van der Waals surface area contributed by atoms with Crippen LogP contribution in [0.5, 0.6) is 0 Å². The second-order valence-electron chi connectivity index (χ2n) is 7.14. The maximum atomic E-state index is 15.2. The van der Waals surface area contributed by atoms with Crippen molar-refractivity contribution in [2.75, 3.05) is 11.9 Å². The molecule has 1 aromatic carbocycles. The minimum absolute atomic E-state index is 0.0462. The monoisotopic (exact) mass is 494 g/mol. The van der Waals surface area contributed by atoms with Crippen LogP contribution in [-0.2, 0) is 11.9 Å². The van der Waals surface area contributed by atoms with Gasteiger partial charge < -0.3 is 0 Å². The van der Waals surface area contributed by atoms with Crippen molar-refractivity contribution in [3.63, 3.8) is 0 Å². The van der Waals surface area contributed by atoms with Crippen LogP contribution in [-0.4, -0.2) is 61.3 Å². The van der Waals surface area contributed by atoms with Gasteiger partial charge in [-0.2, -0.15) is 0 Å². The molecule has 0 atom stereocenters. The van der Waals surface area contributed by atoms with E-state index in [1.807, 2.05) is 6.92 Å². The van der Waals surface area contributed by atoms with E-state index < -0.39 is 17.1 Å². The fourth-order valence-electron chi connectivity index (χ4n) is 2.36. The number of rotatable bonds is 8. The molecule has 0 spiro atoms. The normalized spacial score (nSPS) is 12.8. The van der Waals surface area contributed by atoms with Gasteiger partial charge in [-0.3, -0.25) is 0 Å². The summed E-state index contributed by atoms with van der Waals surface area (Å²) < 4.78 is 17.5.